The highest BCUT2D eigenvalue weighted by Gasteiger charge is 2.38. The lowest BCUT2D eigenvalue weighted by Crippen LogP contribution is -2.05. The van der Waals surface area contributed by atoms with Crippen molar-refractivity contribution in [2.24, 2.45) is 0 Å². The van der Waals surface area contributed by atoms with E-state index in [1.165, 1.54) is 12.1 Å². The molecule has 0 N–H and O–H groups in total. The molecule has 0 aliphatic rings. The Morgan fingerprint density at radius 2 is 1.58 bits per heavy atom. The van der Waals surface area contributed by atoms with Crippen molar-refractivity contribution >= 4 is 5.78 Å². The van der Waals surface area contributed by atoms with Gasteiger partial charge in [-0.05, 0) is 12.5 Å². The van der Waals surface area contributed by atoms with E-state index in [1.54, 1.807) is 12.1 Å². The third kappa shape index (κ3) is 4.85. The van der Waals surface area contributed by atoms with Gasteiger partial charge in [-0.25, -0.2) is 0 Å². The fourth-order valence-corrected chi connectivity index (χ4v) is 2.89. The van der Waals surface area contributed by atoms with Crippen molar-refractivity contribution in [2.45, 2.75) is 25.4 Å². The predicted molar refractivity (Wildman–Crippen MR) is 102 cm³/mol. The molecule has 0 bridgehead atoms. The van der Waals surface area contributed by atoms with Crippen molar-refractivity contribution in [1.29, 1.82) is 0 Å². The molecule has 7 nitrogen and oxygen atoms in total. The number of Topliss-reactive ketones (excluding diaryl/α,β-unsaturated/α-hetero) is 1. The molecular formula is C21H15F3N4O3. The minimum absolute atomic E-state index is 0.177. The lowest BCUT2D eigenvalue weighted by Gasteiger charge is -2.02. The third-order valence-electron chi connectivity index (χ3n) is 4.41. The second-order valence-electron chi connectivity index (χ2n) is 6.66. The molecule has 158 valence electrons. The van der Waals surface area contributed by atoms with Gasteiger partial charge in [0.2, 0.25) is 17.5 Å². The zero-order chi connectivity index (χ0) is 21.8. The van der Waals surface area contributed by atoms with Crippen molar-refractivity contribution in [3.05, 3.63) is 71.9 Å². The Balaban J connectivity index is 1.37. The fourth-order valence-electron chi connectivity index (χ4n) is 2.89. The minimum Gasteiger partial charge on any atom is -0.339 e. The highest BCUT2D eigenvalue weighted by molar-refractivity contribution is 5.97. The Kier molecular flexibility index (Phi) is 5.61. The van der Waals surface area contributed by atoms with Gasteiger partial charge in [0.05, 0.1) is 0 Å². The summed E-state index contributed by atoms with van der Waals surface area (Å²) in [5.41, 5.74) is 1.43. The first-order valence-corrected chi connectivity index (χ1v) is 9.33. The van der Waals surface area contributed by atoms with E-state index in [9.17, 15) is 18.0 Å². The van der Waals surface area contributed by atoms with Crippen LogP contribution in [0.1, 0.15) is 35.0 Å². The number of carbonyl (C=O) groups is 1. The summed E-state index contributed by atoms with van der Waals surface area (Å²) in [5, 5.41) is 7.27. The number of hydrogen-bond donors (Lipinski definition) is 0. The molecule has 0 amide bonds. The van der Waals surface area contributed by atoms with Crippen LogP contribution in [0.4, 0.5) is 13.2 Å². The first-order chi connectivity index (χ1) is 14.9. The lowest BCUT2D eigenvalue weighted by atomic mass is 10.0. The number of benzene rings is 2. The summed E-state index contributed by atoms with van der Waals surface area (Å²) < 4.78 is 47.4. The average Bonchev–Trinajstić information content (AvgIpc) is 3.44. The van der Waals surface area contributed by atoms with Crippen LogP contribution in [0.5, 0.6) is 0 Å². The van der Waals surface area contributed by atoms with Crippen LogP contribution < -0.4 is 0 Å². The maximum Gasteiger partial charge on any atom is 0.471 e. The molecule has 2 heterocycles. The van der Waals surface area contributed by atoms with E-state index in [0.717, 1.165) is 5.56 Å². The summed E-state index contributed by atoms with van der Waals surface area (Å²) >= 11 is 0. The van der Waals surface area contributed by atoms with E-state index in [4.69, 9.17) is 4.52 Å². The number of halogens is 3. The zero-order valence-corrected chi connectivity index (χ0v) is 16.0. The molecule has 2 aromatic heterocycles. The third-order valence-corrected chi connectivity index (χ3v) is 4.41. The molecular weight excluding hydrogens is 413 g/mol. The minimum atomic E-state index is -4.73. The van der Waals surface area contributed by atoms with Gasteiger partial charge in [0.25, 0.3) is 0 Å². The Bertz CT molecular complexity index is 1190. The number of aryl methyl sites for hydroxylation is 1. The molecule has 0 saturated carbocycles. The summed E-state index contributed by atoms with van der Waals surface area (Å²) in [5.74, 6) is -0.945. The van der Waals surface area contributed by atoms with Gasteiger partial charge in [-0.15, -0.1) is 0 Å². The number of carbonyl (C=O) groups excluding carboxylic acids is 1. The van der Waals surface area contributed by atoms with Gasteiger partial charge in [-0.1, -0.05) is 58.8 Å². The van der Waals surface area contributed by atoms with Crippen molar-refractivity contribution in [2.75, 3.05) is 0 Å². The van der Waals surface area contributed by atoms with Crippen LogP contribution in [-0.2, 0) is 12.6 Å². The molecule has 0 atom stereocenters. The number of aromatic nitrogens is 4. The van der Waals surface area contributed by atoms with E-state index in [-0.39, 0.29) is 23.6 Å². The second kappa shape index (κ2) is 8.50. The Morgan fingerprint density at radius 1 is 0.871 bits per heavy atom. The zero-order valence-electron chi connectivity index (χ0n) is 16.0. The van der Waals surface area contributed by atoms with E-state index in [2.05, 4.69) is 24.8 Å². The number of ketones is 1. The quantitative estimate of drug-likeness (QED) is 0.382. The van der Waals surface area contributed by atoms with Crippen LogP contribution >= 0.6 is 0 Å². The molecule has 0 unspecified atom stereocenters. The SMILES string of the molecule is O=C(CCCc1nc(-c2ccccc2)no1)c1cccc(-c2noc(C(F)(F)F)n2)c1. The molecule has 31 heavy (non-hydrogen) atoms. The largest absolute Gasteiger partial charge is 0.471 e. The van der Waals surface area contributed by atoms with Gasteiger partial charge in [-0.3, -0.25) is 4.79 Å². The standard InChI is InChI=1S/C21H15F3N4O3/c22-21(23,24)20-26-19(28-31-20)15-9-4-8-14(12-15)16(29)10-5-11-17-25-18(27-30-17)13-6-2-1-3-7-13/h1-4,6-9,12H,5,10-11H2. The van der Waals surface area contributed by atoms with Crippen molar-refractivity contribution in [1.82, 2.24) is 20.3 Å². The van der Waals surface area contributed by atoms with Gasteiger partial charge >= 0.3 is 12.1 Å². The van der Waals surface area contributed by atoms with Crippen LogP contribution in [0.25, 0.3) is 22.8 Å². The molecule has 0 radical (unpaired) electrons. The molecule has 0 saturated heterocycles. The molecule has 2 aromatic carbocycles. The van der Waals surface area contributed by atoms with Crippen molar-refractivity contribution in [3.8, 4) is 22.8 Å². The van der Waals surface area contributed by atoms with E-state index in [1.807, 2.05) is 30.3 Å². The first-order valence-electron chi connectivity index (χ1n) is 9.33. The predicted octanol–water partition coefficient (Wildman–Crippen LogP) is 5.01. The molecule has 0 aliphatic heterocycles. The maximum absolute atomic E-state index is 12.6. The smallest absolute Gasteiger partial charge is 0.339 e. The van der Waals surface area contributed by atoms with Crippen LogP contribution in [0.2, 0.25) is 0 Å². The van der Waals surface area contributed by atoms with E-state index >= 15 is 0 Å². The molecule has 4 rings (SSSR count). The Morgan fingerprint density at radius 3 is 2.32 bits per heavy atom. The van der Waals surface area contributed by atoms with E-state index < -0.39 is 12.1 Å². The van der Waals surface area contributed by atoms with E-state index in [0.29, 0.717) is 30.1 Å². The number of alkyl halides is 3. The van der Waals surface area contributed by atoms with Crippen LogP contribution in [0, 0.1) is 0 Å². The maximum atomic E-state index is 12.6. The molecule has 0 spiro atoms. The van der Waals surface area contributed by atoms with Crippen LogP contribution in [0.15, 0.2) is 63.6 Å². The number of nitrogens with zero attached hydrogens (tertiary/aromatic N) is 4. The monoisotopic (exact) mass is 428 g/mol. The summed E-state index contributed by atoms with van der Waals surface area (Å²) in [6, 6.07) is 15.4. The summed E-state index contributed by atoms with van der Waals surface area (Å²) in [7, 11) is 0. The number of hydrogen-bond acceptors (Lipinski definition) is 7. The summed E-state index contributed by atoms with van der Waals surface area (Å²) in [6.45, 7) is 0. The summed E-state index contributed by atoms with van der Waals surface area (Å²) in [4.78, 5) is 20.2. The molecule has 0 aliphatic carbocycles. The highest BCUT2D eigenvalue weighted by Crippen LogP contribution is 2.29. The van der Waals surface area contributed by atoms with Crippen molar-refractivity contribution < 1.29 is 27.0 Å². The van der Waals surface area contributed by atoms with Gasteiger partial charge < -0.3 is 9.05 Å². The Hall–Kier alpha value is -3.82. The van der Waals surface area contributed by atoms with Crippen LogP contribution in [0.3, 0.4) is 0 Å². The second-order valence-corrected chi connectivity index (χ2v) is 6.66. The number of rotatable bonds is 7. The fraction of sp³-hybridized carbons (Fsp3) is 0.190. The highest BCUT2D eigenvalue weighted by atomic mass is 19.4. The van der Waals surface area contributed by atoms with Gasteiger partial charge in [0.15, 0.2) is 5.78 Å². The molecule has 10 heteroatoms. The topological polar surface area (TPSA) is 94.9 Å². The summed E-state index contributed by atoms with van der Waals surface area (Å²) in [6.07, 6.45) is -3.63. The van der Waals surface area contributed by atoms with Gasteiger partial charge in [0, 0.05) is 29.5 Å². The molecule has 0 fully saturated rings. The van der Waals surface area contributed by atoms with Gasteiger partial charge in [0.1, 0.15) is 0 Å². The normalized spacial score (nSPS) is 11.6. The van der Waals surface area contributed by atoms with Crippen LogP contribution in [-0.4, -0.2) is 26.1 Å². The van der Waals surface area contributed by atoms with Crippen molar-refractivity contribution in [3.63, 3.8) is 0 Å². The first kappa shape index (κ1) is 20.5. The molecule has 4 aromatic rings. The Labute approximate surface area is 173 Å². The van der Waals surface area contributed by atoms with Gasteiger partial charge in [-0.2, -0.15) is 23.1 Å². The lowest BCUT2D eigenvalue weighted by molar-refractivity contribution is -0.159. The average molecular weight is 428 g/mol.